The van der Waals surface area contributed by atoms with Crippen molar-refractivity contribution < 1.29 is 19.8 Å². The van der Waals surface area contributed by atoms with Crippen molar-refractivity contribution in [3.05, 3.63) is 12.4 Å². The summed E-state index contributed by atoms with van der Waals surface area (Å²) < 4.78 is 1.24. The number of nitrogens with zero attached hydrogens (tertiary/aromatic N) is 3. The molecule has 0 aromatic carbocycles. The molecule has 20 heavy (non-hydrogen) atoms. The maximum atomic E-state index is 11.9. The number of anilines is 1. The van der Waals surface area contributed by atoms with Crippen LogP contribution >= 0.6 is 0 Å². The SMILES string of the molecule is CN(CC1CC(O)C1)C(=O)Nc1cnn(CC(=O)O)c1. The molecule has 1 aliphatic rings. The second-order valence-corrected chi connectivity index (χ2v) is 5.12. The molecule has 0 bridgehead atoms. The van der Waals surface area contributed by atoms with Gasteiger partial charge in [0.2, 0.25) is 0 Å². The number of aliphatic hydroxyl groups is 1. The quantitative estimate of drug-likeness (QED) is 0.715. The zero-order chi connectivity index (χ0) is 14.7. The first-order chi connectivity index (χ1) is 9.44. The smallest absolute Gasteiger partial charge is 0.325 e. The van der Waals surface area contributed by atoms with Crippen molar-refractivity contribution in [2.75, 3.05) is 18.9 Å². The van der Waals surface area contributed by atoms with Crippen molar-refractivity contribution >= 4 is 17.7 Å². The normalized spacial score (nSPS) is 21.1. The van der Waals surface area contributed by atoms with Crippen LogP contribution in [0.5, 0.6) is 0 Å². The standard InChI is InChI=1S/C12H18N4O4/c1-15(5-8-2-10(17)3-8)12(20)14-9-4-13-16(6-9)7-11(18)19/h4,6,8,10,17H,2-3,5,7H2,1H3,(H,14,20)(H,18,19). The van der Waals surface area contributed by atoms with Crippen LogP contribution in [0.3, 0.4) is 0 Å². The summed E-state index contributed by atoms with van der Waals surface area (Å²) in [6.45, 7) is 0.345. The van der Waals surface area contributed by atoms with Gasteiger partial charge in [-0.15, -0.1) is 0 Å². The van der Waals surface area contributed by atoms with E-state index in [9.17, 15) is 14.7 Å². The highest BCUT2D eigenvalue weighted by atomic mass is 16.4. The summed E-state index contributed by atoms with van der Waals surface area (Å²) in [6, 6.07) is -0.277. The van der Waals surface area contributed by atoms with E-state index in [-0.39, 0.29) is 18.7 Å². The van der Waals surface area contributed by atoms with Crippen molar-refractivity contribution in [1.29, 1.82) is 0 Å². The van der Waals surface area contributed by atoms with Crippen LogP contribution in [0.4, 0.5) is 10.5 Å². The molecule has 8 heteroatoms. The first kappa shape index (κ1) is 14.3. The largest absolute Gasteiger partial charge is 0.480 e. The molecular weight excluding hydrogens is 264 g/mol. The summed E-state index contributed by atoms with van der Waals surface area (Å²) in [5, 5.41) is 24.3. The van der Waals surface area contributed by atoms with E-state index in [0.29, 0.717) is 18.2 Å². The van der Waals surface area contributed by atoms with Gasteiger partial charge >= 0.3 is 12.0 Å². The lowest BCUT2D eigenvalue weighted by molar-refractivity contribution is -0.137. The Morgan fingerprint density at radius 3 is 2.85 bits per heavy atom. The lowest BCUT2D eigenvalue weighted by atomic mass is 9.82. The maximum Gasteiger partial charge on any atom is 0.325 e. The van der Waals surface area contributed by atoms with Crippen LogP contribution in [0.1, 0.15) is 12.8 Å². The highest BCUT2D eigenvalue weighted by molar-refractivity contribution is 5.88. The van der Waals surface area contributed by atoms with Crippen LogP contribution in [-0.2, 0) is 11.3 Å². The van der Waals surface area contributed by atoms with Gasteiger partial charge in [0.1, 0.15) is 6.54 Å². The third-order valence-corrected chi connectivity index (χ3v) is 3.27. The average Bonchev–Trinajstić information content (AvgIpc) is 2.73. The highest BCUT2D eigenvalue weighted by Crippen LogP contribution is 2.27. The fraction of sp³-hybridized carbons (Fsp3) is 0.583. The molecule has 110 valence electrons. The molecule has 1 aromatic rings. The number of nitrogens with one attached hydrogen (secondary N) is 1. The molecule has 2 rings (SSSR count). The average molecular weight is 282 g/mol. The summed E-state index contributed by atoms with van der Waals surface area (Å²) in [6.07, 6.45) is 4.10. The molecule has 3 N–H and O–H groups in total. The van der Waals surface area contributed by atoms with Crippen molar-refractivity contribution in [3.63, 3.8) is 0 Å². The number of hydrogen-bond donors (Lipinski definition) is 3. The van der Waals surface area contributed by atoms with E-state index in [1.807, 2.05) is 0 Å². The lowest BCUT2D eigenvalue weighted by Crippen LogP contribution is -2.41. The summed E-state index contributed by atoms with van der Waals surface area (Å²) in [5.74, 6) is -0.651. The van der Waals surface area contributed by atoms with Gasteiger partial charge < -0.3 is 20.4 Å². The molecule has 8 nitrogen and oxygen atoms in total. The van der Waals surface area contributed by atoms with Crippen molar-refractivity contribution in [1.82, 2.24) is 14.7 Å². The first-order valence-corrected chi connectivity index (χ1v) is 6.38. The molecular formula is C12H18N4O4. The number of hydrogen-bond acceptors (Lipinski definition) is 4. The Kier molecular flexibility index (Phi) is 4.23. The number of urea groups is 1. The van der Waals surface area contributed by atoms with Gasteiger partial charge in [-0.3, -0.25) is 9.48 Å². The highest BCUT2D eigenvalue weighted by Gasteiger charge is 2.29. The third-order valence-electron chi connectivity index (χ3n) is 3.27. The van der Waals surface area contributed by atoms with Crippen molar-refractivity contribution in [3.8, 4) is 0 Å². The van der Waals surface area contributed by atoms with E-state index in [0.717, 1.165) is 12.8 Å². The lowest BCUT2D eigenvalue weighted by Gasteiger charge is -2.34. The molecule has 1 saturated carbocycles. The monoisotopic (exact) mass is 282 g/mol. The first-order valence-electron chi connectivity index (χ1n) is 6.38. The Morgan fingerprint density at radius 2 is 2.25 bits per heavy atom. The second kappa shape index (κ2) is 5.91. The topological polar surface area (TPSA) is 108 Å². The van der Waals surface area contributed by atoms with Crippen molar-refractivity contribution in [2.45, 2.75) is 25.5 Å². The Labute approximate surface area is 116 Å². The number of carboxylic acid groups (broad SMARTS) is 1. The van der Waals surface area contributed by atoms with Crippen LogP contribution in [0.15, 0.2) is 12.4 Å². The fourth-order valence-corrected chi connectivity index (χ4v) is 2.19. The Hall–Kier alpha value is -2.09. The van der Waals surface area contributed by atoms with Crippen LogP contribution in [0.2, 0.25) is 0 Å². The molecule has 0 saturated heterocycles. The van der Waals surface area contributed by atoms with E-state index in [1.54, 1.807) is 11.9 Å². The number of aliphatic carboxylic acids is 1. The van der Waals surface area contributed by atoms with Gasteiger partial charge in [0, 0.05) is 19.8 Å². The van der Waals surface area contributed by atoms with E-state index in [1.165, 1.54) is 17.1 Å². The number of carbonyl (C=O) groups is 2. The Balaban J connectivity index is 1.81. The zero-order valence-corrected chi connectivity index (χ0v) is 11.2. The Bertz CT molecular complexity index is 495. The summed E-state index contributed by atoms with van der Waals surface area (Å²) in [4.78, 5) is 24.0. The van der Waals surface area contributed by atoms with Gasteiger partial charge in [0.25, 0.3) is 0 Å². The fourth-order valence-electron chi connectivity index (χ4n) is 2.19. The summed E-state index contributed by atoms with van der Waals surface area (Å²) in [5.41, 5.74) is 0.455. The molecule has 0 unspecified atom stereocenters. The number of aromatic nitrogens is 2. The number of rotatable bonds is 5. The maximum absolute atomic E-state index is 11.9. The van der Waals surface area contributed by atoms with E-state index in [2.05, 4.69) is 10.4 Å². The van der Waals surface area contributed by atoms with Gasteiger partial charge in [-0.2, -0.15) is 5.10 Å². The van der Waals surface area contributed by atoms with Gasteiger partial charge in [-0.25, -0.2) is 4.79 Å². The molecule has 0 atom stereocenters. The van der Waals surface area contributed by atoms with Crippen molar-refractivity contribution in [2.24, 2.45) is 5.92 Å². The minimum Gasteiger partial charge on any atom is -0.480 e. The number of amides is 2. The zero-order valence-electron chi connectivity index (χ0n) is 11.2. The minimum atomic E-state index is -0.994. The molecule has 2 amide bonds. The van der Waals surface area contributed by atoms with E-state index >= 15 is 0 Å². The molecule has 0 spiro atoms. The van der Waals surface area contributed by atoms with Gasteiger partial charge in [0.15, 0.2) is 0 Å². The van der Waals surface area contributed by atoms with Crippen LogP contribution < -0.4 is 5.32 Å². The van der Waals surface area contributed by atoms with Gasteiger partial charge in [-0.05, 0) is 18.8 Å². The number of carbonyl (C=O) groups excluding carboxylic acids is 1. The number of aliphatic hydroxyl groups excluding tert-OH is 1. The van der Waals surface area contributed by atoms with Crippen LogP contribution in [0.25, 0.3) is 0 Å². The van der Waals surface area contributed by atoms with Crippen LogP contribution in [-0.4, -0.2) is 56.6 Å². The van der Waals surface area contributed by atoms with Crippen LogP contribution in [0, 0.1) is 5.92 Å². The van der Waals surface area contributed by atoms with Gasteiger partial charge in [0.05, 0.1) is 18.0 Å². The molecule has 1 heterocycles. The minimum absolute atomic E-state index is 0.231. The predicted octanol–water partition coefficient (Wildman–Crippen LogP) is 0.202. The number of carboxylic acids is 1. The Morgan fingerprint density at radius 1 is 1.55 bits per heavy atom. The van der Waals surface area contributed by atoms with E-state index < -0.39 is 5.97 Å². The molecule has 0 aliphatic heterocycles. The summed E-state index contributed by atoms with van der Waals surface area (Å²) >= 11 is 0. The predicted molar refractivity (Wildman–Crippen MR) is 70.2 cm³/mol. The molecule has 1 aliphatic carbocycles. The van der Waals surface area contributed by atoms with E-state index in [4.69, 9.17) is 5.11 Å². The molecule has 1 aromatic heterocycles. The van der Waals surface area contributed by atoms with Gasteiger partial charge in [-0.1, -0.05) is 0 Å². The third kappa shape index (κ3) is 3.70. The summed E-state index contributed by atoms with van der Waals surface area (Å²) in [7, 11) is 1.68. The molecule has 1 fully saturated rings. The second-order valence-electron chi connectivity index (χ2n) is 5.12. The molecule has 0 radical (unpaired) electrons.